The maximum Gasteiger partial charge on any atom is 0.191 e. The number of nitrogens with one attached hydrogen (secondary N) is 2. The van der Waals surface area contributed by atoms with E-state index in [1.807, 2.05) is 19.9 Å². The van der Waals surface area contributed by atoms with Gasteiger partial charge in [-0.1, -0.05) is 6.07 Å². The molecule has 0 spiro atoms. The summed E-state index contributed by atoms with van der Waals surface area (Å²) in [7, 11) is 1.79. The van der Waals surface area contributed by atoms with Gasteiger partial charge in [0.25, 0.3) is 0 Å². The highest BCUT2D eigenvalue weighted by Crippen LogP contribution is 2.48. The third-order valence-corrected chi connectivity index (χ3v) is 4.78. The highest BCUT2D eigenvalue weighted by atomic mass is 127. The van der Waals surface area contributed by atoms with E-state index in [2.05, 4.69) is 15.6 Å². The lowest BCUT2D eigenvalue weighted by Crippen LogP contribution is -2.41. The van der Waals surface area contributed by atoms with Crippen molar-refractivity contribution >= 4 is 29.9 Å². The Kier molecular flexibility index (Phi) is 9.71. The maximum absolute atomic E-state index is 13.1. The fraction of sp³-hybridized carbons (Fsp3) is 0.632. The molecule has 142 valence electrons. The molecule has 1 aromatic carbocycles. The molecule has 0 unspecified atom stereocenters. The van der Waals surface area contributed by atoms with Gasteiger partial charge in [0.15, 0.2) is 5.96 Å². The number of benzene rings is 1. The molecule has 0 amide bonds. The third kappa shape index (κ3) is 7.48. The van der Waals surface area contributed by atoms with Crippen molar-refractivity contribution in [1.29, 1.82) is 0 Å². The van der Waals surface area contributed by atoms with Crippen molar-refractivity contribution < 1.29 is 9.13 Å². The normalized spacial score (nSPS) is 15.4. The third-order valence-electron chi connectivity index (χ3n) is 4.78. The quantitative estimate of drug-likeness (QED) is 0.254. The first-order valence-corrected chi connectivity index (χ1v) is 8.86. The molecule has 6 heteroatoms. The van der Waals surface area contributed by atoms with Crippen molar-refractivity contribution in [1.82, 2.24) is 10.6 Å². The van der Waals surface area contributed by atoms with Gasteiger partial charge in [-0.2, -0.15) is 0 Å². The van der Waals surface area contributed by atoms with Gasteiger partial charge in [0, 0.05) is 33.4 Å². The summed E-state index contributed by atoms with van der Waals surface area (Å²) in [5, 5.41) is 6.77. The Hall–Kier alpha value is -0.890. The van der Waals surface area contributed by atoms with Crippen LogP contribution in [0.5, 0.6) is 0 Å². The molecule has 1 aliphatic carbocycles. The first-order valence-electron chi connectivity index (χ1n) is 8.86. The van der Waals surface area contributed by atoms with Gasteiger partial charge in [-0.25, -0.2) is 4.39 Å². The molecule has 0 radical (unpaired) electrons. The van der Waals surface area contributed by atoms with E-state index >= 15 is 0 Å². The lowest BCUT2D eigenvalue weighted by atomic mass is 10.0. The molecule has 2 N–H and O–H groups in total. The van der Waals surface area contributed by atoms with E-state index in [0.29, 0.717) is 5.41 Å². The summed E-state index contributed by atoms with van der Waals surface area (Å²) in [4.78, 5) is 4.29. The van der Waals surface area contributed by atoms with Crippen LogP contribution in [-0.2, 0) is 11.2 Å². The Morgan fingerprint density at radius 3 is 2.68 bits per heavy atom. The molecule has 1 fully saturated rings. The van der Waals surface area contributed by atoms with Crippen LogP contribution in [0.2, 0.25) is 0 Å². The number of aliphatic imine (C=N–C) groups is 1. The lowest BCUT2D eigenvalue weighted by Gasteiger charge is -2.18. The van der Waals surface area contributed by atoms with Crippen molar-refractivity contribution in [3.8, 4) is 0 Å². The number of rotatable bonds is 9. The maximum atomic E-state index is 13.1. The molecule has 2 rings (SSSR count). The monoisotopic (exact) mass is 463 g/mol. The van der Waals surface area contributed by atoms with Crippen molar-refractivity contribution in [3.63, 3.8) is 0 Å². The Morgan fingerprint density at radius 1 is 1.32 bits per heavy atom. The standard InChI is InChI=1S/C19H30FN3O.HI/c1-4-24-12-10-19(8-9-19)14-23-18(21-3)22-11-7-16-5-6-17(20)13-15(16)2;/h5-6,13H,4,7-12,14H2,1-3H3,(H2,21,22,23);1H. The van der Waals surface area contributed by atoms with Gasteiger partial charge < -0.3 is 15.4 Å². The molecular weight excluding hydrogens is 432 g/mol. The van der Waals surface area contributed by atoms with Gasteiger partial charge in [0.2, 0.25) is 0 Å². The van der Waals surface area contributed by atoms with Crippen LogP contribution in [0.15, 0.2) is 23.2 Å². The molecule has 0 atom stereocenters. The van der Waals surface area contributed by atoms with Crippen molar-refractivity contribution in [2.24, 2.45) is 10.4 Å². The predicted molar refractivity (Wildman–Crippen MR) is 112 cm³/mol. The van der Waals surface area contributed by atoms with Crippen molar-refractivity contribution in [2.75, 3.05) is 33.4 Å². The largest absolute Gasteiger partial charge is 0.382 e. The number of hydrogen-bond acceptors (Lipinski definition) is 2. The fourth-order valence-corrected chi connectivity index (χ4v) is 2.87. The van der Waals surface area contributed by atoms with Crippen LogP contribution in [0, 0.1) is 18.2 Å². The summed E-state index contributed by atoms with van der Waals surface area (Å²) in [5.74, 6) is 0.654. The second kappa shape index (κ2) is 11.0. The van der Waals surface area contributed by atoms with Crippen LogP contribution < -0.4 is 10.6 Å². The van der Waals surface area contributed by atoms with Gasteiger partial charge in [-0.3, -0.25) is 4.99 Å². The Labute approximate surface area is 168 Å². The molecular formula is C19H31FIN3O. The smallest absolute Gasteiger partial charge is 0.191 e. The minimum Gasteiger partial charge on any atom is -0.382 e. The summed E-state index contributed by atoms with van der Waals surface area (Å²) >= 11 is 0. The number of halogens is 2. The van der Waals surface area contributed by atoms with E-state index in [1.165, 1.54) is 18.9 Å². The lowest BCUT2D eigenvalue weighted by molar-refractivity contribution is 0.128. The zero-order chi connectivity index (χ0) is 17.4. The van der Waals surface area contributed by atoms with E-state index in [9.17, 15) is 4.39 Å². The first kappa shape index (κ1) is 22.2. The van der Waals surface area contributed by atoms with Crippen LogP contribution in [0.1, 0.15) is 37.3 Å². The molecule has 25 heavy (non-hydrogen) atoms. The zero-order valence-electron chi connectivity index (χ0n) is 15.5. The number of nitrogens with zero attached hydrogens (tertiary/aromatic N) is 1. The van der Waals surface area contributed by atoms with Gasteiger partial charge in [0.05, 0.1) is 0 Å². The SMILES string of the molecule is CCOCCC1(CNC(=NC)NCCc2ccc(F)cc2C)CC1.I. The summed E-state index contributed by atoms with van der Waals surface area (Å²) in [5.41, 5.74) is 2.54. The molecule has 0 heterocycles. The van der Waals surface area contributed by atoms with Crippen LogP contribution >= 0.6 is 24.0 Å². The molecule has 4 nitrogen and oxygen atoms in total. The van der Waals surface area contributed by atoms with Crippen LogP contribution in [-0.4, -0.2) is 39.3 Å². The summed E-state index contributed by atoms with van der Waals surface area (Å²) in [6.07, 6.45) is 4.49. The van der Waals surface area contributed by atoms with E-state index in [4.69, 9.17) is 4.74 Å². The summed E-state index contributed by atoms with van der Waals surface area (Å²) < 4.78 is 18.6. The van der Waals surface area contributed by atoms with Crippen molar-refractivity contribution in [3.05, 3.63) is 35.1 Å². The topological polar surface area (TPSA) is 45.6 Å². The number of guanidine groups is 1. The van der Waals surface area contributed by atoms with E-state index in [-0.39, 0.29) is 29.8 Å². The molecule has 0 aliphatic heterocycles. The van der Waals surface area contributed by atoms with E-state index in [0.717, 1.165) is 56.2 Å². The second-order valence-electron chi connectivity index (χ2n) is 6.62. The second-order valence-corrected chi connectivity index (χ2v) is 6.62. The van der Waals surface area contributed by atoms with Crippen LogP contribution in [0.3, 0.4) is 0 Å². The van der Waals surface area contributed by atoms with Crippen molar-refractivity contribution in [2.45, 2.75) is 39.5 Å². The molecule has 0 saturated heterocycles. The van der Waals surface area contributed by atoms with Gasteiger partial charge >= 0.3 is 0 Å². The molecule has 1 aromatic rings. The molecule has 0 aromatic heterocycles. The fourth-order valence-electron chi connectivity index (χ4n) is 2.87. The first-order chi connectivity index (χ1) is 11.6. The molecule has 0 bridgehead atoms. The van der Waals surface area contributed by atoms with Crippen LogP contribution in [0.25, 0.3) is 0 Å². The Morgan fingerprint density at radius 2 is 2.08 bits per heavy atom. The average Bonchev–Trinajstić information content (AvgIpc) is 3.33. The highest BCUT2D eigenvalue weighted by molar-refractivity contribution is 14.0. The van der Waals surface area contributed by atoms with Gasteiger partial charge in [-0.15, -0.1) is 24.0 Å². The molecule has 1 saturated carbocycles. The average molecular weight is 463 g/mol. The Balaban J connectivity index is 0.00000312. The molecule has 1 aliphatic rings. The number of aryl methyl sites for hydroxylation is 1. The minimum atomic E-state index is -0.177. The number of ether oxygens (including phenoxy) is 1. The predicted octanol–water partition coefficient (Wildman–Crippen LogP) is 3.67. The zero-order valence-corrected chi connectivity index (χ0v) is 17.9. The summed E-state index contributed by atoms with van der Waals surface area (Å²) in [6, 6.07) is 4.96. The van der Waals surface area contributed by atoms with Crippen LogP contribution in [0.4, 0.5) is 4.39 Å². The number of hydrogen-bond donors (Lipinski definition) is 2. The van der Waals surface area contributed by atoms with E-state index < -0.39 is 0 Å². The minimum absolute atomic E-state index is 0. The van der Waals surface area contributed by atoms with E-state index in [1.54, 1.807) is 13.1 Å². The highest BCUT2D eigenvalue weighted by Gasteiger charge is 2.41. The van der Waals surface area contributed by atoms with Gasteiger partial charge in [0.1, 0.15) is 5.82 Å². The Bertz CT molecular complexity index is 562. The van der Waals surface area contributed by atoms with Gasteiger partial charge in [-0.05, 0) is 68.2 Å². The summed E-state index contributed by atoms with van der Waals surface area (Å²) in [6.45, 7) is 7.32.